The number of benzene rings is 1. The van der Waals surface area contributed by atoms with Crippen LogP contribution in [0.2, 0.25) is 0 Å². The number of hydrogen-bond acceptors (Lipinski definition) is 2. The van der Waals surface area contributed by atoms with Gasteiger partial charge in [0.2, 0.25) is 0 Å². The molecule has 1 aliphatic carbocycles. The van der Waals surface area contributed by atoms with E-state index in [-0.39, 0.29) is 0 Å². The van der Waals surface area contributed by atoms with Crippen LogP contribution in [0.1, 0.15) is 38.7 Å². The molecule has 2 unspecified atom stereocenters. The minimum absolute atomic E-state index is 0.582. The van der Waals surface area contributed by atoms with E-state index in [2.05, 4.69) is 31.0 Å². The molecule has 1 aliphatic rings. The normalized spacial score (nSPS) is 31.5. The minimum Gasteiger partial charge on any atom is -0.385 e. The van der Waals surface area contributed by atoms with Gasteiger partial charge in [-0.2, -0.15) is 0 Å². The van der Waals surface area contributed by atoms with Gasteiger partial charge in [0, 0.05) is 11.6 Å². The summed E-state index contributed by atoms with van der Waals surface area (Å²) in [5, 5.41) is 12.1. The number of pyridine rings is 1. The van der Waals surface area contributed by atoms with Crippen LogP contribution >= 0.6 is 0 Å². The SMILES string of the molecule is CC1CC(C)CC(O)(c2ccc3ncccc3c2)C1. The van der Waals surface area contributed by atoms with Crippen molar-refractivity contribution in [3.8, 4) is 0 Å². The third-order valence-corrected chi connectivity index (χ3v) is 4.32. The minimum atomic E-state index is -0.666. The summed E-state index contributed by atoms with van der Waals surface area (Å²) in [5.41, 5.74) is 1.37. The van der Waals surface area contributed by atoms with Gasteiger partial charge in [0.15, 0.2) is 0 Å². The summed E-state index contributed by atoms with van der Waals surface area (Å²) in [6, 6.07) is 10.2. The monoisotopic (exact) mass is 255 g/mol. The Hall–Kier alpha value is -1.41. The maximum absolute atomic E-state index is 11.0. The van der Waals surface area contributed by atoms with Crippen molar-refractivity contribution in [2.24, 2.45) is 11.8 Å². The lowest BCUT2D eigenvalue weighted by Gasteiger charge is -2.39. The molecule has 0 radical (unpaired) electrons. The maximum atomic E-state index is 11.0. The molecule has 2 atom stereocenters. The zero-order chi connectivity index (χ0) is 13.5. The Bertz CT molecular complexity index is 583. The molecule has 0 aliphatic heterocycles. The highest BCUT2D eigenvalue weighted by molar-refractivity contribution is 5.79. The number of nitrogens with zero attached hydrogens (tertiary/aromatic N) is 1. The van der Waals surface area contributed by atoms with Crippen LogP contribution in [0.25, 0.3) is 10.9 Å². The van der Waals surface area contributed by atoms with Gasteiger partial charge in [0.25, 0.3) is 0 Å². The Morgan fingerprint density at radius 2 is 1.89 bits per heavy atom. The van der Waals surface area contributed by atoms with E-state index in [0.717, 1.165) is 29.3 Å². The second kappa shape index (κ2) is 4.61. The average Bonchev–Trinajstić information content (AvgIpc) is 2.36. The van der Waals surface area contributed by atoms with Crippen LogP contribution in [0.3, 0.4) is 0 Å². The van der Waals surface area contributed by atoms with E-state index in [0.29, 0.717) is 11.8 Å². The number of aromatic nitrogens is 1. The highest BCUT2D eigenvalue weighted by Gasteiger charge is 2.37. The van der Waals surface area contributed by atoms with Crippen LogP contribution < -0.4 is 0 Å². The molecular weight excluding hydrogens is 234 g/mol. The van der Waals surface area contributed by atoms with Crippen LogP contribution in [0.4, 0.5) is 0 Å². The van der Waals surface area contributed by atoms with Gasteiger partial charge in [-0.25, -0.2) is 0 Å². The van der Waals surface area contributed by atoms with Crippen LogP contribution in [0, 0.1) is 11.8 Å². The molecule has 3 rings (SSSR count). The molecule has 1 aromatic heterocycles. The third kappa shape index (κ3) is 2.37. The van der Waals surface area contributed by atoms with Crippen molar-refractivity contribution in [1.29, 1.82) is 0 Å². The van der Waals surface area contributed by atoms with Crippen molar-refractivity contribution < 1.29 is 5.11 Å². The number of rotatable bonds is 1. The van der Waals surface area contributed by atoms with Crippen molar-refractivity contribution in [3.05, 3.63) is 42.1 Å². The molecule has 2 aromatic rings. The van der Waals surface area contributed by atoms with Crippen LogP contribution in [-0.2, 0) is 5.60 Å². The third-order valence-electron chi connectivity index (χ3n) is 4.32. The molecule has 1 saturated carbocycles. The molecule has 0 saturated heterocycles. The Morgan fingerprint density at radius 3 is 2.63 bits per heavy atom. The molecule has 1 N–H and O–H groups in total. The fourth-order valence-corrected chi connectivity index (χ4v) is 3.69. The summed E-state index contributed by atoms with van der Waals surface area (Å²) in [7, 11) is 0. The zero-order valence-electron chi connectivity index (χ0n) is 11.6. The lowest BCUT2D eigenvalue weighted by atomic mass is 9.70. The van der Waals surface area contributed by atoms with E-state index in [9.17, 15) is 5.11 Å². The molecule has 0 amide bonds. The second-order valence-electron chi connectivity index (χ2n) is 6.30. The van der Waals surface area contributed by atoms with Gasteiger partial charge < -0.3 is 5.11 Å². The molecular formula is C17H21NO. The topological polar surface area (TPSA) is 33.1 Å². The lowest BCUT2D eigenvalue weighted by Crippen LogP contribution is -2.35. The van der Waals surface area contributed by atoms with Crippen LogP contribution in [0.5, 0.6) is 0 Å². The Kier molecular flexibility index (Phi) is 3.06. The van der Waals surface area contributed by atoms with Crippen molar-refractivity contribution in [2.45, 2.75) is 38.7 Å². The van der Waals surface area contributed by atoms with E-state index in [1.54, 1.807) is 0 Å². The fourth-order valence-electron chi connectivity index (χ4n) is 3.69. The first-order valence-corrected chi connectivity index (χ1v) is 7.14. The first-order valence-electron chi connectivity index (χ1n) is 7.14. The average molecular weight is 255 g/mol. The van der Waals surface area contributed by atoms with Gasteiger partial charge >= 0.3 is 0 Å². The van der Waals surface area contributed by atoms with E-state index >= 15 is 0 Å². The fraction of sp³-hybridized carbons (Fsp3) is 0.471. The van der Waals surface area contributed by atoms with Crippen LogP contribution in [-0.4, -0.2) is 10.1 Å². The first-order chi connectivity index (χ1) is 9.07. The van der Waals surface area contributed by atoms with Crippen molar-refractivity contribution in [3.63, 3.8) is 0 Å². The molecule has 19 heavy (non-hydrogen) atoms. The van der Waals surface area contributed by atoms with Gasteiger partial charge in [-0.15, -0.1) is 0 Å². The summed E-state index contributed by atoms with van der Waals surface area (Å²) in [5.74, 6) is 1.16. The highest BCUT2D eigenvalue weighted by atomic mass is 16.3. The highest BCUT2D eigenvalue weighted by Crippen LogP contribution is 2.42. The molecule has 1 aromatic carbocycles. The van der Waals surface area contributed by atoms with E-state index in [4.69, 9.17) is 0 Å². The van der Waals surface area contributed by atoms with Gasteiger partial charge in [-0.1, -0.05) is 26.0 Å². The smallest absolute Gasteiger partial charge is 0.0901 e. The number of hydrogen-bond donors (Lipinski definition) is 1. The maximum Gasteiger partial charge on any atom is 0.0901 e. The van der Waals surface area contributed by atoms with Crippen molar-refractivity contribution >= 4 is 10.9 Å². The first kappa shape index (κ1) is 12.6. The molecule has 100 valence electrons. The van der Waals surface area contributed by atoms with E-state index in [1.165, 1.54) is 6.42 Å². The summed E-state index contributed by atoms with van der Waals surface area (Å²) in [6.07, 6.45) is 4.76. The zero-order valence-corrected chi connectivity index (χ0v) is 11.6. The molecule has 1 heterocycles. The summed E-state index contributed by atoms with van der Waals surface area (Å²) in [4.78, 5) is 4.34. The predicted octanol–water partition coefficient (Wildman–Crippen LogP) is 3.88. The molecule has 1 fully saturated rings. The molecule has 0 spiro atoms. The van der Waals surface area contributed by atoms with E-state index < -0.39 is 5.60 Å². The second-order valence-corrected chi connectivity index (χ2v) is 6.30. The number of aliphatic hydroxyl groups is 1. The van der Waals surface area contributed by atoms with E-state index in [1.807, 2.05) is 24.4 Å². The van der Waals surface area contributed by atoms with Crippen LogP contribution in [0.15, 0.2) is 36.5 Å². The standard InChI is InChI=1S/C17H21NO/c1-12-8-13(2)11-17(19,10-12)15-5-6-16-14(9-15)4-3-7-18-16/h3-7,9,12-13,19H,8,10-11H2,1-2H3. The Balaban J connectivity index is 2.02. The van der Waals surface area contributed by atoms with Gasteiger partial charge in [-0.3, -0.25) is 4.98 Å². The summed E-state index contributed by atoms with van der Waals surface area (Å²) >= 11 is 0. The van der Waals surface area contributed by atoms with Gasteiger partial charge in [-0.05, 0) is 54.9 Å². The summed E-state index contributed by atoms with van der Waals surface area (Å²) in [6.45, 7) is 4.48. The van der Waals surface area contributed by atoms with Gasteiger partial charge in [0.1, 0.15) is 0 Å². The quantitative estimate of drug-likeness (QED) is 0.839. The van der Waals surface area contributed by atoms with Crippen molar-refractivity contribution in [2.75, 3.05) is 0 Å². The largest absolute Gasteiger partial charge is 0.385 e. The lowest BCUT2D eigenvalue weighted by molar-refractivity contribution is -0.0361. The Morgan fingerprint density at radius 1 is 1.16 bits per heavy atom. The molecule has 0 bridgehead atoms. The Labute approximate surface area is 114 Å². The molecule has 2 heteroatoms. The molecule has 2 nitrogen and oxygen atoms in total. The van der Waals surface area contributed by atoms with Crippen molar-refractivity contribution in [1.82, 2.24) is 4.98 Å². The van der Waals surface area contributed by atoms with Gasteiger partial charge in [0.05, 0.1) is 11.1 Å². The summed E-state index contributed by atoms with van der Waals surface area (Å²) < 4.78 is 0. The predicted molar refractivity (Wildman–Crippen MR) is 77.8 cm³/mol. The number of fused-ring (bicyclic) bond motifs is 1.